The van der Waals surface area contributed by atoms with Crippen LogP contribution < -0.4 is 5.32 Å². The Kier molecular flexibility index (Phi) is 5.43. The summed E-state index contributed by atoms with van der Waals surface area (Å²) < 4.78 is 13.1. The van der Waals surface area contributed by atoms with Gasteiger partial charge in [-0.05, 0) is 58.2 Å². The van der Waals surface area contributed by atoms with E-state index in [1.807, 2.05) is 27.2 Å². The predicted octanol–water partition coefficient (Wildman–Crippen LogP) is 2.43. The zero-order valence-electron chi connectivity index (χ0n) is 10.3. The minimum atomic E-state index is -0.155. The van der Waals surface area contributed by atoms with Crippen LogP contribution in [0.1, 0.15) is 24.4 Å². The normalized spacial score (nSPS) is 13.1. The van der Waals surface area contributed by atoms with E-state index in [9.17, 15) is 4.39 Å². The molecule has 0 radical (unpaired) electrons. The molecule has 0 bridgehead atoms. The highest BCUT2D eigenvalue weighted by molar-refractivity contribution is 5.20. The highest BCUT2D eigenvalue weighted by Gasteiger charge is 2.13. The summed E-state index contributed by atoms with van der Waals surface area (Å²) in [7, 11) is 6.02. The first-order valence-corrected chi connectivity index (χ1v) is 5.71. The van der Waals surface area contributed by atoms with Crippen molar-refractivity contribution in [3.63, 3.8) is 0 Å². The molecule has 0 saturated heterocycles. The number of hydrogen-bond acceptors (Lipinski definition) is 2. The monoisotopic (exact) mass is 224 g/mol. The number of nitrogens with zero attached hydrogens (tertiary/aromatic N) is 1. The van der Waals surface area contributed by atoms with E-state index < -0.39 is 0 Å². The molecular formula is C13H21FN2. The third-order valence-corrected chi connectivity index (χ3v) is 2.76. The molecule has 0 heterocycles. The Hall–Kier alpha value is -0.930. The van der Waals surface area contributed by atoms with Gasteiger partial charge in [-0.1, -0.05) is 12.1 Å². The van der Waals surface area contributed by atoms with Gasteiger partial charge < -0.3 is 10.2 Å². The summed E-state index contributed by atoms with van der Waals surface area (Å²) in [5.41, 5.74) is 1.06. The van der Waals surface area contributed by atoms with Gasteiger partial charge in [0.15, 0.2) is 0 Å². The number of rotatable bonds is 6. The third kappa shape index (κ3) is 3.91. The van der Waals surface area contributed by atoms with E-state index in [-0.39, 0.29) is 5.82 Å². The molecule has 0 fully saturated rings. The van der Waals surface area contributed by atoms with Gasteiger partial charge in [0.25, 0.3) is 0 Å². The Labute approximate surface area is 97.5 Å². The molecule has 1 N–H and O–H groups in total. The molecule has 90 valence electrons. The molecule has 0 aliphatic heterocycles. The summed E-state index contributed by atoms with van der Waals surface area (Å²) in [6.07, 6.45) is 2.13. The first kappa shape index (κ1) is 13.1. The largest absolute Gasteiger partial charge is 0.320 e. The summed E-state index contributed by atoms with van der Waals surface area (Å²) in [6, 6.07) is 7.18. The number of benzene rings is 1. The van der Waals surface area contributed by atoms with Crippen molar-refractivity contribution in [2.24, 2.45) is 0 Å². The minimum absolute atomic E-state index is 0.155. The molecule has 16 heavy (non-hydrogen) atoms. The van der Waals surface area contributed by atoms with Crippen molar-refractivity contribution in [1.82, 2.24) is 10.2 Å². The Bertz CT molecular complexity index is 313. The van der Waals surface area contributed by atoms with Crippen molar-refractivity contribution in [1.29, 1.82) is 0 Å². The van der Waals surface area contributed by atoms with E-state index >= 15 is 0 Å². The van der Waals surface area contributed by atoms with Gasteiger partial charge in [-0.2, -0.15) is 0 Å². The third-order valence-electron chi connectivity index (χ3n) is 2.76. The van der Waals surface area contributed by atoms with Crippen molar-refractivity contribution in [3.8, 4) is 0 Å². The summed E-state index contributed by atoms with van der Waals surface area (Å²) in [4.78, 5) is 2.14. The lowest BCUT2D eigenvalue weighted by atomic mass is 10.0. The van der Waals surface area contributed by atoms with Crippen LogP contribution in [0.4, 0.5) is 4.39 Å². The predicted molar refractivity (Wildman–Crippen MR) is 66.0 cm³/mol. The van der Waals surface area contributed by atoms with Gasteiger partial charge in [-0.3, -0.25) is 0 Å². The van der Waals surface area contributed by atoms with Crippen LogP contribution in [-0.2, 0) is 0 Å². The molecule has 0 spiro atoms. The van der Waals surface area contributed by atoms with Crippen LogP contribution in [0.2, 0.25) is 0 Å². The Morgan fingerprint density at radius 1 is 1.38 bits per heavy atom. The second-order valence-electron chi connectivity index (χ2n) is 4.28. The quantitative estimate of drug-likeness (QED) is 0.747. The van der Waals surface area contributed by atoms with Crippen molar-refractivity contribution < 1.29 is 4.39 Å². The van der Waals surface area contributed by atoms with Gasteiger partial charge in [0.05, 0.1) is 0 Å². The SMILES string of the molecule is CNCCCC(c1cccc(F)c1)N(C)C. The fraction of sp³-hybridized carbons (Fsp3) is 0.538. The highest BCUT2D eigenvalue weighted by atomic mass is 19.1. The maximum absolute atomic E-state index is 13.1. The second-order valence-corrected chi connectivity index (χ2v) is 4.28. The maximum atomic E-state index is 13.1. The number of nitrogens with one attached hydrogen (secondary N) is 1. The van der Waals surface area contributed by atoms with E-state index in [0.29, 0.717) is 6.04 Å². The highest BCUT2D eigenvalue weighted by Crippen LogP contribution is 2.23. The average Bonchev–Trinajstić information content (AvgIpc) is 2.24. The van der Waals surface area contributed by atoms with Gasteiger partial charge in [-0.15, -0.1) is 0 Å². The molecule has 1 aromatic rings. The van der Waals surface area contributed by atoms with Gasteiger partial charge in [0.1, 0.15) is 5.82 Å². The van der Waals surface area contributed by atoms with Crippen LogP contribution >= 0.6 is 0 Å². The fourth-order valence-corrected chi connectivity index (χ4v) is 1.91. The Morgan fingerprint density at radius 3 is 2.69 bits per heavy atom. The molecular weight excluding hydrogens is 203 g/mol. The van der Waals surface area contributed by atoms with Gasteiger partial charge in [-0.25, -0.2) is 4.39 Å². The van der Waals surface area contributed by atoms with Crippen LogP contribution in [0.3, 0.4) is 0 Å². The topological polar surface area (TPSA) is 15.3 Å². The first-order valence-electron chi connectivity index (χ1n) is 5.71. The van der Waals surface area contributed by atoms with Crippen LogP contribution in [0.5, 0.6) is 0 Å². The lowest BCUT2D eigenvalue weighted by Gasteiger charge is -2.24. The average molecular weight is 224 g/mol. The molecule has 0 aliphatic carbocycles. The van der Waals surface area contributed by atoms with Gasteiger partial charge in [0.2, 0.25) is 0 Å². The minimum Gasteiger partial charge on any atom is -0.320 e. The summed E-state index contributed by atoms with van der Waals surface area (Å²) in [6.45, 7) is 1.000. The van der Waals surface area contributed by atoms with Crippen LogP contribution in [-0.4, -0.2) is 32.6 Å². The Morgan fingerprint density at radius 2 is 2.12 bits per heavy atom. The summed E-state index contributed by atoms with van der Waals surface area (Å²) in [5, 5.41) is 3.13. The summed E-state index contributed by atoms with van der Waals surface area (Å²) >= 11 is 0. The standard InChI is InChI=1S/C13H21FN2/c1-15-9-5-8-13(16(2)3)11-6-4-7-12(14)10-11/h4,6-7,10,13,15H,5,8-9H2,1-3H3. The molecule has 0 aromatic heterocycles. The van der Waals surface area contributed by atoms with E-state index in [0.717, 1.165) is 24.9 Å². The molecule has 1 aromatic carbocycles. The van der Waals surface area contributed by atoms with Crippen molar-refractivity contribution in [2.75, 3.05) is 27.7 Å². The number of halogens is 1. The smallest absolute Gasteiger partial charge is 0.123 e. The van der Waals surface area contributed by atoms with E-state index in [1.165, 1.54) is 6.07 Å². The Balaban J connectivity index is 2.69. The summed E-state index contributed by atoms with van der Waals surface area (Å²) in [5.74, 6) is -0.155. The molecule has 0 aliphatic rings. The van der Waals surface area contributed by atoms with Crippen LogP contribution in [0.25, 0.3) is 0 Å². The fourth-order valence-electron chi connectivity index (χ4n) is 1.91. The van der Waals surface area contributed by atoms with Crippen molar-refractivity contribution >= 4 is 0 Å². The number of hydrogen-bond donors (Lipinski definition) is 1. The molecule has 2 nitrogen and oxygen atoms in total. The van der Waals surface area contributed by atoms with Crippen LogP contribution in [0, 0.1) is 5.82 Å². The first-order chi connectivity index (χ1) is 7.65. The molecule has 0 amide bonds. The lowest BCUT2D eigenvalue weighted by Crippen LogP contribution is -2.21. The second kappa shape index (κ2) is 6.61. The van der Waals surface area contributed by atoms with E-state index in [2.05, 4.69) is 10.2 Å². The van der Waals surface area contributed by atoms with E-state index in [1.54, 1.807) is 12.1 Å². The zero-order valence-corrected chi connectivity index (χ0v) is 10.3. The molecule has 3 heteroatoms. The maximum Gasteiger partial charge on any atom is 0.123 e. The van der Waals surface area contributed by atoms with Crippen molar-refractivity contribution in [2.45, 2.75) is 18.9 Å². The molecule has 0 saturated carbocycles. The van der Waals surface area contributed by atoms with E-state index in [4.69, 9.17) is 0 Å². The molecule has 1 unspecified atom stereocenters. The zero-order chi connectivity index (χ0) is 12.0. The molecule has 1 atom stereocenters. The lowest BCUT2D eigenvalue weighted by molar-refractivity contribution is 0.278. The van der Waals surface area contributed by atoms with Crippen LogP contribution in [0.15, 0.2) is 24.3 Å². The van der Waals surface area contributed by atoms with Crippen molar-refractivity contribution in [3.05, 3.63) is 35.6 Å². The molecule has 1 rings (SSSR count). The van der Waals surface area contributed by atoms with Gasteiger partial charge in [0, 0.05) is 6.04 Å². The van der Waals surface area contributed by atoms with Gasteiger partial charge >= 0.3 is 0 Å².